The van der Waals surface area contributed by atoms with Crippen LogP contribution in [0.1, 0.15) is 44.0 Å². The monoisotopic (exact) mass is 400 g/mol. The molecule has 7 heteroatoms. The number of aliphatic imine (C=N–C) groups is 1. The summed E-state index contributed by atoms with van der Waals surface area (Å²) in [5, 5.41) is 16.1. The molecular weight excluding hydrogens is 372 g/mol. The molecule has 3 atom stereocenters. The van der Waals surface area contributed by atoms with Gasteiger partial charge < -0.3 is 15.2 Å². The average Bonchev–Trinajstić information content (AvgIpc) is 3.44. The van der Waals surface area contributed by atoms with Crippen molar-refractivity contribution in [1.82, 2.24) is 25.4 Å². The molecule has 0 amide bonds. The van der Waals surface area contributed by atoms with Crippen LogP contribution in [0.3, 0.4) is 0 Å². The predicted octanol–water partition coefficient (Wildman–Crippen LogP) is 3.42. The Kier molecular flexibility index (Phi) is 6.15. The zero-order valence-electron chi connectivity index (χ0n) is 16.4. The van der Waals surface area contributed by atoms with E-state index in [4.69, 9.17) is 16.6 Å². The van der Waals surface area contributed by atoms with Crippen LogP contribution in [0.5, 0.6) is 0 Å². The minimum absolute atomic E-state index is 0.552. The van der Waals surface area contributed by atoms with Crippen molar-refractivity contribution >= 4 is 17.6 Å². The first-order valence-electron chi connectivity index (χ1n) is 10.4. The van der Waals surface area contributed by atoms with Gasteiger partial charge in [0, 0.05) is 30.6 Å². The van der Waals surface area contributed by atoms with E-state index >= 15 is 0 Å². The number of hydrogen-bond acceptors (Lipinski definition) is 3. The van der Waals surface area contributed by atoms with Crippen molar-refractivity contribution < 1.29 is 0 Å². The number of hydrogen-bond donors (Lipinski definition) is 2. The van der Waals surface area contributed by atoms with Gasteiger partial charge in [-0.25, -0.2) is 4.99 Å². The zero-order chi connectivity index (χ0) is 19.3. The highest BCUT2D eigenvalue weighted by molar-refractivity contribution is 6.30. The molecule has 2 fully saturated rings. The molecular formula is C21H29ClN6. The summed E-state index contributed by atoms with van der Waals surface area (Å²) < 4.78 is 2.10. The van der Waals surface area contributed by atoms with Crippen LogP contribution in [-0.4, -0.2) is 33.3 Å². The Morgan fingerprint density at radius 3 is 2.82 bits per heavy atom. The molecule has 1 aromatic carbocycles. The van der Waals surface area contributed by atoms with Gasteiger partial charge in [0.2, 0.25) is 0 Å². The van der Waals surface area contributed by atoms with Crippen molar-refractivity contribution in [1.29, 1.82) is 0 Å². The van der Waals surface area contributed by atoms with Crippen molar-refractivity contribution in [2.24, 2.45) is 16.8 Å². The van der Waals surface area contributed by atoms with Crippen molar-refractivity contribution in [2.45, 2.75) is 58.2 Å². The van der Waals surface area contributed by atoms with Crippen molar-refractivity contribution in [3.8, 4) is 0 Å². The van der Waals surface area contributed by atoms with Gasteiger partial charge in [-0.2, -0.15) is 0 Å². The summed E-state index contributed by atoms with van der Waals surface area (Å²) in [5.74, 6) is 3.63. The quantitative estimate of drug-likeness (QED) is 0.552. The molecule has 0 saturated heterocycles. The third kappa shape index (κ3) is 4.66. The van der Waals surface area contributed by atoms with Gasteiger partial charge in [0.25, 0.3) is 0 Å². The minimum Gasteiger partial charge on any atom is -0.355 e. The normalized spacial score (nSPS) is 23.9. The molecule has 1 aromatic heterocycles. The van der Waals surface area contributed by atoms with Crippen LogP contribution in [-0.2, 0) is 19.5 Å². The molecule has 1 heterocycles. The first-order valence-corrected chi connectivity index (χ1v) is 10.7. The maximum absolute atomic E-state index is 5.99. The third-order valence-corrected chi connectivity index (χ3v) is 6.30. The molecule has 4 rings (SSSR count). The number of aryl methyl sites for hydroxylation is 1. The Hall–Kier alpha value is -2.08. The fourth-order valence-electron chi connectivity index (χ4n) is 4.54. The summed E-state index contributed by atoms with van der Waals surface area (Å²) in [6, 6.07) is 8.45. The summed E-state index contributed by atoms with van der Waals surface area (Å²) in [6.07, 6.45) is 8.10. The summed E-state index contributed by atoms with van der Waals surface area (Å²) in [6.45, 7) is 4.36. The lowest BCUT2D eigenvalue weighted by molar-refractivity contribution is 0.387. The Morgan fingerprint density at radius 2 is 2.11 bits per heavy atom. The molecule has 0 radical (unpaired) electrons. The summed E-state index contributed by atoms with van der Waals surface area (Å²) in [4.78, 5) is 4.84. The molecule has 2 bridgehead atoms. The number of guanidine groups is 1. The fourth-order valence-corrected chi connectivity index (χ4v) is 4.67. The number of nitrogens with one attached hydrogen (secondary N) is 2. The molecule has 2 saturated carbocycles. The van der Waals surface area contributed by atoms with E-state index in [1.54, 1.807) is 6.33 Å². The maximum atomic E-state index is 5.99. The van der Waals surface area contributed by atoms with E-state index in [1.165, 1.54) is 25.7 Å². The number of halogens is 1. The number of nitrogens with zero attached hydrogens (tertiary/aromatic N) is 4. The van der Waals surface area contributed by atoms with E-state index < -0.39 is 0 Å². The Balaban J connectivity index is 1.38. The first kappa shape index (κ1) is 19.2. The standard InChI is InChI=1S/C21H29ClN6/c1-2-20-27-25-14-28(20)10-9-23-21(24-13-15-4-7-18(22)8-5-15)26-19-12-16-3-6-17(19)11-16/h4-5,7-8,14,16-17,19H,2-3,6,9-13H2,1H3,(H2,23,24,26). The molecule has 0 spiro atoms. The van der Waals surface area contributed by atoms with Crippen LogP contribution in [0.2, 0.25) is 5.02 Å². The second-order valence-corrected chi connectivity index (χ2v) is 8.37. The van der Waals surface area contributed by atoms with Crippen LogP contribution in [0.25, 0.3) is 0 Å². The van der Waals surface area contributed by atoms with Crippen LogP contribution >= 0.6 is 11.6 Å². The number of aromatic nitrogens is 3. The highest BCUT2D eigenvalue weighted by Crippen LogP contribution is 2.44. The van der Waals surface area contributed by atoms with E-state index in [2.05, 4.69) is 32.3 Å². The predicted molar refractivity (Wildman–Crippen MR) is 112 cm³/mol. The van der Waals surface area contributed by atoms with Crippen molar-refractivity contribution in [3.05, 3.63) is 47.0 Å². The molecule has 150 valence electrons. The van der Waals surface area contributed by atoms with E-state index in [1.807, 2.05) is 24.3 Å². The molecule has 2 aliphatic carbocycles. The van der Waals surface area contributed by atoms with Gasteiger partial charge in [0.05, 0.1) is 6.54 Å². The summed E-state index contributed by atoms with van der Waals surface area (Å²) >= 11 is 5.99. The fraction of sp³-hybridized carbons (Fsp3) is 0.571. The lowest BCUT2D eigenvalue weighted by atomic mass is 9.95. The number of rotatable bonds is 7. The van der Waals surface area contributed by atoms with Crippen molar-refractivity contribution in [2.75, 3.05) is 6.54 Å². The maximum Gasteiger partial charge on any atom is 0.191 e. The van der Waals surface area contributed by atoms with Gasteiger partial charge in [0.15, 0.2) is 5.96 Å². The molecule has 2 aliphatic rings. The highest BCUT2D eigenvalue weighted by atomic mass is 35.5. The smallest absolute Gasteiger partial charge is 0.191 e. The van der Waals surface area contributed by atoms with Crippen molar-refractivity contribution in [3.63, 3.8) is 0 Å². The van der Waals surface area contributed by atoms with Gasteiger partial charge in [-0.1, -0.05) is 37.1 Å². The van der Waals surface area contributed by atoms with Crippen LogP contribution in [0, 0.1) is 11.8 Å². The lowest BCUT2D eigenvalue weighted by Crippen LogP contribution is -2.46. The van der Waals surface area contributed by atoms with E-state index in [0.29, 0.717) is 12.6 Å². The Bertz CT molecular complexity index is 799. The van der Waals surface area contributed by atoms with Gasteiger partial charge >= 0.3 is 0 Å². The molecule has 6 nitrogen and oxygen atoms in total. The second kappa shape index (κ2) is 8.95. The highest BCUT2D eigenvalue weighted by Gasteiger charge is 2.39. The third-order valence-electron chi connectivity index (χ3n) is 6.05. The van der Waals surface area contributed by atoms with Crippen LogP contribution in [0.4, 0.5) is 0 Å². The minimum atomic E-state index is 0.552. The van der Waals surface area contributed by atoms with Gasteiger partial charge in [0.1, 0.15) is 12.2 Å². The topological polar surface area (TPSA) is 67.1 Å². The van der Waals surface area contributed by atoms with Crippen LogP contribution < -0.4 is 10.6 Å². The summed E-state index contributed by atoms with van der Waals surface area (Å²) in [7, 11) is 0. The molecule has 0 aliphatic heterocycles. The average molecular weight is 401 g/mol. The van der Waals surface area contributed by atoms with E-state index in [-0.39, 0.29) is 0 Å². The Morgan fingerprint density at radius 1 is 1.25 bits per heavy atom. The molecule has 3 unspecified atom stereocenters. The number of fused-ring (bicyclic) bond motifs is 2. The van der Waals surface area contributed by atoms with E-state index in [0.717, 1.165) is 53.7 Å². The van der Waals surface area contributed by atoms with Gasteiger partial charge in [-0.15, -0.1) is 10.2 Å². The lowest BCUT2D eigenvalue weighted by Gasteiger charge is -2.25. The number of benzene rings is 1. The SMILES string of the molecule is CCc1nncn1CCNC(=NCc1ccc(Cl)cc1)NC1CC2CCC1C2. The van der Waals surface area contributed by atoms with Gasteiger partial charge in [-0.3, -0.25) is 0 Å². The van der Waals surface area contributed by atoms with Gasteiger partial charge in [-0.05, 0) is 48.8 Å². The molecule has 2 aromatic rings. The van der Waals surface area contributed by atoms with Crippen LogP contribution in [0.15, 0.2) is 35.6 Å². The Labute approximate surface area is 171 Å². The summed E-state index contributed by atoms with van der Waals surface area (Å²) in [5.41, 5.74) is 1.16. The zero-order valence-corrected chi connectivity index (χ0v) is 17.2. The molecule has 28 heavy (non-hydrogen) atoms. The largest absolute Gasteiger partial charge is 0.355 e. The molecule has 2 N–H and O–H groups in total. The second-order valence-electron chi connectivity index (χ2n) is 7.94. The van der Waals surface area contributed by atoms with E-state index in [9.17, 15) is 0 Å². The first-order chi connectivity index (χ1) is 13.7.